The molecule has 2 aromatic heterocycles. The summed E-state index contributed by atoms with van der Waals surface area (Å²) in [5, 5.41) is 1.17. The molecule has 1 amide bonds. The van der Waals surface area contributed by atoms with Crippen molar-refractivity contribution in [1.29, 1.82) is 0 Å². The van der Waals surface area contributed by atoms with E-state index in [4.69, 9.17) is 0 Å². The van der Waals surface area contributed by atoms with Crippen LogP contribution in [0.15, 0.2) is 48.8 Å². The third kappa shape index (κ3) is 3.24. The Hall–Kier alpha value is -2.62. The monoisotopic (exact) mass is 347 g/mol. The third-order valence-corrected chi connectivity index (χ3v) is 5.43. The van der Waals surface area contributed by atoms with Crippen molar-refractivity contribution in [1.82, 2.24) is 14.9 Å². The van der Waals surface area contributed by atoms with Crippen molar-refractivity contribution in [3.8, 4) is 0 Å². The van der Waals surface area contributed by atoms with E-state index in [9.17, 15) is 4.79 Å². The predicted molar refractivity (Wildman–Crippen MR) is 104 cm³/mol. The average molecular weight is 347 g/mol. The van der Waals surface area contributed by atoms with Crippen molar-refractivity contribution in [2.45, 2.75) is 32.6 Å². The van der Waals surface area contributed by atoms with Gasteiger partial charge in [0, 0.05) is 36.4 Å². The summed E-state index contributed by atoms with van der Waals surface area (Å²) in [5.74, 6) is 0.653. The van der Waals surface area contributed by atoms with Crippen molar-refractivity contribution in [2.24, 2.45) is 5.92 Å². The lowest BCUT2D eigenvalue weighted by molar-refractivity contribution is 0.0667. The Bertz CT molecular complexity index is 900. The summed E-state index contributed by atoms with van der Waals surface area (Å²) >= 11 is 0. The summed E-state index contributed by atoms with van der Waals surface area (Å²) in [6.45, 7) is 3.79. The number of pyridine rings is 1. The lowest BCUT2D eigenvalue weighted by Crippen LogP contribution is -2.41. The molecule has 1 fully saturated rings. The van der Waals surface area contributed by atoms with Crippen LogP contribution in [0, 0.1) is 5.92 Å². The number of aromatic nitrogens is 2. The van der Waals surface area contributed by atoms with Gasteiger partial charge in [-0.3, -0.25) is 9.78 Å². The summed E-state index contributed by atoms with van der Waals surface area (Å²) in [4.78, 5) is 22.9. The molecule has 1 N–H and O–H groups in total. The molecule has 1 saturated heterocycles. The summed E-state index contributed by atoms with van der Waals surface area (Å²) < 4.78 is 0. The molecular formula is C22H25N3O. The first-order valence-electron chi connectivity index (χ1n) is 9.54. The molecule has 134 valence electrons. The fraction of sp³-hybridized carbons (Fsp3) is 0.364. The Morgan fingerprint density at radius 1 is 1.27 bits per heavy atom. The quantitative estimate of drug-likeness (QED) is 0.768. The molecule has 0 radical (unpaired) electrons. The second-order valence-electron chi connectivity index (χ2n) is 7.20. The molecule has 0 saturated carbocycles. The molecule has 3 aromatic rings. The maximum absolute atomic E-state index is 13.2. The Morgan fingerprint density at radius 2 is 2.15 bits per heavy atom. The van der Waals surface area contributed by atoms with Crippen molar-refractivity contribution in [3.05, 3.63) is 65.6 Å². The maximum Gasteiger partial charge on any atom is 0.270 e. The highest BCUT2D eigenvalue weighted by Gasteiger charge is 2.27. The molecule has 1 aliphatic heterocycles. The summed E-state index contributed by atoms with van der Waals surface area (Å²) in [7, 11) is 0. The molecule has 4 nitrogen and oxygen atoms in total. The first-order chi connectivity index (χ1) is 12.8. The zero-order valence-corrected chi connectivity index (χ0v) is 15.2. The molecule has 1 aliphatic rings. The molecule has 0 bridgehead atoms. The van der Waals surface area contributed by atoms with Crippen molar-refractivity contribution in [3.63, 3.8) is 0 Å². The van der Waals surface area contributed by atoms with Gasteiger partial charge in [0.15, 0.2) is 0 Å². The number of aromatic amines is 1. The van der Waals surface area contributed by atoms with Crippen LogP contribution in [0.2, 0.25) is 0 Å². The van der Waals surface area contributed by atoms with E-state index < -0.39 is 0 Å². The molecule has 0 unspecified atom stereocenters. The van der Waals surface area contributed by atoms with Gasteiger partial charge in [0.25, 0.3) is 5.91 Å². The van der Waals surface area contributed by atoms with Crippen LogP contribution in [-0.4, -0.2) is 33.9 Å². The minimum atomic E-state index is 0.147. The van der Waals surface area contributed by atoms with Gasteiger partial charge in [-0.15, -0.1) is 0 Å². The van der Waals surface area contributed by atoms with Gasteiger partial charge < -0.3 is 9.88 Å². The number of hydrogen-bond donors (Lipinski definition) is 1. The number of hydrogen-bond acceptors (Lipinski definition) is 2. The van der Waals surface area contributed by atoms with E-state index in [0.29, 0.717) is 5.92 Å². The second kappa shape index (κ2) is 7.32. The smallest absolute Gasteiger partial charge is 0.270 e. The van der Waals surface area contributed by atoms with E-state index in [1.54, 1.807) is 0 Å². The number of amides is 1. The summed E-state index contributed by atoms with van der Waals surface area (Å²) in [6, 6.07) is 12.3. The number of nitrogens with zero attached hydrogens (tertiary/aromatic N) is 2. The Balaban J connectivity index is 1.54. The zero-order chi connectivity index (χ0) is 17.9. The Kier molecular flexibility index (Phi) is 4.74. The number of aryl methyl sites for hydroxylation is 1. The van der Waals surface area contributed by atoms with E-state index in [1.807, 2.05) is 41.6 Å². The first kappa shape index (κ1) is 16.8. The molecule has 4 heteroatoms. The predicted octanol–water partition coefficient (Wildman–Crippen LogP) is 4.22. The molecular weight excluding hydrogens is 322 g/mol. The minimum Gasteiger partial charge on any atom is -0.350 e. The van der Waals surface area contributed by atoms with Gasteiger partial charge in [-0.1, -0.05) is 31.2 Å². The third-order valence-electron chi connectivity index (χ3n) is 5.43. The molecule has 1 aromatic carbocycles. The van der Waals surface area contributed by atoms with Crippen LogP contribution in [0.5, 0.6) is 0 Å². The topological polar surface area (TPSA) is 49.0 Å². The van der Waals surface area contributed by atoms with Crippen LogP contribution in [0.3, 0.4) is 0 Å². The largest absolute Gasteiger partial charge is 0.350 e. The molecule has 0 spiro atoms. The van der Waals surface area contributed by atoms with Crippen LogP contribution in [0.1, 0.15) is 41.4 Å². The number of para-hydroxylation sites is 1. The standard InChI is InChI=1S/C22H25N3O/c1-2-18-19-9-3-4-10-20(19)24-21(18)22(26)25-12-6-8-17(15-25)13-16-7-5-11-23-14-16/h3-5,7,9-11,14,17,24H,2,6,8,12-13,15H2,1H3/t17-/m0/s1. The van der Waals surface area contributed by atoms with Gasteiger partial charge in [0.1, 0.15) is 5.69 Å². The number of benzene rings is 1. The molecule has 26 heavy (non-hydrogen) atoms. The van der Waals surface area contributed by atoms with Crippen LogP contribution in [0.25, 0.3) is 10.9 Å². The van der Waals surface area contributed by atoms with Crippen LogP contribution in [-0.2, 0) is 12.8 Å². The number of carbonyl (C=O) groups excluding carboxylic acids is 1. The van der Waals surface area contributed by atoms with Gasteiger partial charge >= 0.3 is 0 Å². The molecule has 4 rings (SSSR count). The number of fused-ring (bicyclic) bond motifs is 1. The van der Waals surface area contributed by atoms with Crippen LogP contribution < -0.4 is 0 Å². The molecule has 0 aliphatic carbocycles. The zero-order valence-electron chi connectivity index (χ0n) is 15.2. The maximum atomic E-state index is 13.2. The van der Waals surface area contributed by atoms with Crippen LogP contribution >= 0.6 is 0 Å². The lowest BCUT2D eigenvalue weighted by atomic mass is 9.91. The fourth-order valence-corrected chi connectivity index (χ4v) is 4.18. The molecule has 1 atom stereocenters. The number of nitrogens with one attached hydrogen (secondary N) is 1. The van der Waals surface area contributed by atoms with Crippen molar-refractivity contribution >= 4 is 16.8 Å². The number of rotatable bonds is 4. The number of piperidine rings is 1. The summed E-state index contributed by atoms with van der Waals surface area (Å²) in [5.41, 5.74) is 4.22. The number of carbonyl (C=O) groups is 1. The lowest BCUT2D eigenvalue weighted by Gasteiger charge is -2.33. The van der Waals surface area contributed by atoms with Crippen LogP contribution in [0.4, 0.5) is 0 Å². The highest BCUT2D eigenvalue weighted by atomic mass is 16.2. The van der Waals surface area contributed by atoms with E-state index in [0.717, 1.165) is 49.1 Å². The molecule has 3 heterocycles. The van der Waals surface area contributed by atoms with E-state index in [1.165, 1.54) is 17.4 Å². The highest BCUT2D eigenvalue weighted by Crippen LogP contribution is 2.27. The minimum absolute atomic E-state index is 0.147. The van der Waals surface area contributed by atoms with Gasteiger partial charge in [0.2, 0.25) is 0 Å². The van der Waals surface area contributed by atoms with Crippen molar-refractivity contribution < 1.29 is 4.79 Å². The summed E-state index contributed by atoms with van der Waals surface area (Å²) in [6.07, 6.45) is 7.84. The van der Waals surface area contributed by atoms with Gasteiger partial charge in [-0.25, -0.2) is 0 Å². The van der Waals surface area contributed by atoms with E-state index >= 15 is 0 Å². The van der Waals surface area contributed by atoms with Gasteiger partial charge in [-0.05, 0) is 54.9 Å². The highest BCUT2D eigenvalue weighted by molar-refractivity contribution is 6.01. The van der Waals surface area contributed by atoms with Gasteiger partial charge in [-0.2, -0.15) is 0 Å². The number of likely N-dealkylation sites (tertiary alicyclic amines) is 1. The fourth-order valence-electron chi connectivity index (χ4n) is 4.18. The Labute approximate surface area is 154 Å². The SMILES string of the molecule is CCc1c(C(=O)N2CCC[C@@H](Cc3cccnc3)C2)[nH]c2ccccc12. The van der Waals surface area contributed by atoms with E-state index in [2.05, 4.69) is 29.0 Å². The number of H-pyrrole nitrogens is 1. The Morgan fingerprint density at radius 3 is 2.96 bits per heavy atom. The van der Waals surface area contributed by atoms with Crippen molar-refractivity contribution in [2.75, 3.05) is 13.1 Å². The average Bonchev–Trinajstić information content (AvgIpc) is 3.07. The second-order valence-corrected chi connectivity index (χ2v) is 7.20. The first-order valence-corrected chi connectivity index (χ1v) is 9.54. The van der Waals surface area contributed by atoms with Gasteiger partial charge in [0.05, 0.1) is 0 Å². The van der Waals surface area contributed by atoms with E-state index in [-0.39, 0.29) is 5.91 Å². The normalized spacial score (nSPS) is 17.6.